The number of epoxide rings is 1. The van der Waals surface area contributed by atoms with Crippen LogP contribution in [0.3, 0.4) is 0 Å². The van der Waals surface area contributed by atoms with Crippen LogP contribution in [-0.4, -0.2) is 54.8 Å². The predicted molar refractivity (Wildman–Crippen MR) is 151 cm³/mol. The number of aliphatic hydroxyl groups is 1. The molecule has 2 heterocycles. The monoisotopic (exact) mass is 532 g/mol. The van der Waals surface area contributed by atoms with Gasteiger partial charge in [0, 0.05) is 18.4 Å². The van der Waals surface area contributed by atoms with Crippen LogP contribution in [-0.2, 0) is 30.0 Å². The van der Waals surface area contributed by atoms with Gasteiger partial charge in [-0.25, -0.2) is 0 Å². The van der Waals surface area contributed by atoms with Gasteiger partial charge in [-0.15, -0.1) is 0 Å². The van der Waals surface area contributed by atoms with Gasteiger partial charge in [-0.2, -0.15) is 0 Å². The molecule has 0 radical (unpaired) electrons. The quantitative estimate of drug-likeness (QED) is 0.133. The van der Waals surface area contributed by atoms with Gasteiger partial charge in [0.2, 0.25) is 0 Å². The van der Waals surface area contributed by atoms with Gasteiger partial charge < -0.3 is 23.9 Å². The second-order valence-corrected chi connectivity index (χ2v) is 11.4. The molecule has 6 nitrogen and oxygen atoms in total. The highest BCUT2D eigenvalue weighted by Gasteiger charge is 2.60. The fourth-order valence-electron chi connectivity index (χ4n) is 6.20. The molecule has 2 aliphatic heterocycles. The molecular weight excluding hydrogens is 491 g/mol. The van der Waals surface area contributed by atoms with E-state index in [1.165, 1.54) is 5.56 Å². The van der Waals surface area contributed by atoms with E-state index < -0.39 is 6.10 Å². The highest BCUT2D eigenvalue weighted by molar-refractivity contribution is 6.61. The number of hydrogen-bond acceptors (Lipinski definition) is 6. The average Bonchev–Trinajstić information content (AvgIpc) is 3.69. The van der Waals surface area contributed by atoms with Crippen LogP contribution in [0.15, 0.2) is 72.8 Å². The van der Waals surface area contributed by atoms with E-state index >= 15 is 0 Å². The minimum Gasteiger partial charge on any atom is -0.463 e. The number of hydrogen-bond donors (Lipinski definition) is 1. The smallest absolute Gasteiger partial charge is 0.463 e. The number of rotatable bonds is 13. The number of fused-ring (bicyclic) bond motifs is 2. The SMILES string of the molecule is CC(C)OC(=O)CCC/C=C\C[C@@H]1[C@@H]([C@@H]2O[C@H]2[C@H](O)CCc2ccccc2)[C@H]2C[C@@H]1OB(c1ccccc1)O2. The minimum absolute atomic E-state index is 0.0203. The molecular formula is C32H41BO6. The lowest BCUT2D eigenvalue weighted by atomic mass is 9.77. The van der Waals surface area contributed by atoms with Crippen molar-refractivity contribution in [2.75, 3.05) is 0 Å². The van der Waals surface area contributed by atoms with E-state index in [1.54, 1.807) is 0 Å². The van der Waals surface area contributed by atoms with E-state index in [2.05, 4.69) is 24.3 Å². The highest BCUT2D eigenvalue weighted by Crippen LogP contribution is 2.50. The number of allylic oxidation sites excluding steroid dienone is 2. The van der Waals surface area contributed by atoms with E-state index in [0.29, 0.717) is 12.8 Å². The molecule has 208 valence electrons. The Bertz CT molecular complexity index is 1080. The average molecular weight is 532 g/mol. The van der Waals surface area contributed by atoms with Crippen LogP contribution < -0.4 is 5.46 Å². The molecule has 0 amide bonds. The van der Waals surface area contributed by atoms with Gasteiger partial charge in [-0.05, 0) is 69.3 Å². The molecule has 7 heteroatoms. The fraction of sp³-hybridized carbons (Fsp3) is 0.531. The molecule has 5 rings (SSSR count). The molecule has 1 N–H and O–H groups in total. The maximum absolute atomic E-state index is 11.8. The Kier molecular flexibility index (Phi) is 9.56. The van der Waals surface area contributed by atoms with Crippen LogP contribution in [0.4, 0.5) is 0 Å². The van der Waals surface area contributed by atoms with Crippen LogP contribution in [0.5, 0.6) is 0 Å². The van der Waals surface area contributed by atoms with Gasteiger partial charge in [0.15, 0.2) is 0 Å². The summed E-state index contributed by atoms with van der Waals surface area (Å²) in [5.41, 5.74) is 2.26. The molecule has 2 aromatic rings. The molecule has 2 aromatic carbocycles. The maximum Gasteiger partial charge on any atom is 0.494 e. The molecule has 2 bridgehead atoms. The summed E-state index contributed by atoms with van der Waals surface area (Å²) in [5.74, 6) is 0.288. The zero-order chi connectivity index (χ0) is 27.2. The van der Waals surface area contributed by atoms with Gasteiger partial charge in [0.05, 0.1) is 24.4 Å². The molecule has 0 unspecified atom stereocenters. The molecule has 7 atom stereocenters. The van der Waals surface area contributed by atoms with E-state index in [0.717, 1.165) is 37.6 Å². The molecule has 2 saturated heterocycles. The summed E-state index contributed by atoms with van der Waals surface area (Å²) >= 11 is 0. The van der Waals surface area contributed by atoms with Crippen molar-refractivity contribution in [2.24, 2.45) is 11.8 Å². The predicted octanol–water partition coefficient (Wildman–Crippen LogP) is 4.63. The Labute approximate surface area is 232 Å². The summed E-state index contributed by atoms with van der Waals surface area (Å²) in [7, 11) is -0.376. The zero-order valence-corrected chi connectivity index (χ0v) is 23.1. The van der Waals surface area contributed by atoms with Crippen molar-refractivity contribution in [3.63, 3.8) is 0 Å². The van der Waals surface area contributed by atoms with Crippen LogP contribution in [0.1, 0.15) is 57.9 Å². The second kappa shape index (κ2) is 13.3. The van der Waals surface area contributed by atoms with E-state index in [4.69, 9.17) is 18.8 Å². The van der Waals surface area contributed by atoms with Gasteiger partial charge in [-0.3, -0.25) is 4.79 Å². The van der Waals surface area contributed by atoms with E-state index in [9.17, 15) is 9.90 Å². The second-order valence-electron chi connectivity index (χ2n) is 11.4. The van der Waals surface area contributed by atoms with Crippen LogP contribution in [0, 0.1) is 11.8 Å². The summed E-state index contributed by atoms with van der Waals surface area (Å²) in [6.07, 6.45) is 9.03. The third-order valence-electron chi connectivity index (χ3n) is 8.12. The maximum atomic E-state index is 11.8. The first kappa shape index (κ1) is 28.1. The molecule has 3 fully saturated rings. The normalized spacial score (nSPS) is 28.7. The Morgan fingerprint density at radius 1 is 1.05 bits per heavy atom. The van der Waals surface area contributed by atoms with E-state index in [-0.39, 0.29) is 55.4 Å². The lowest BCUT2D eigenvalue weighted by molar-refractivity contribution is -0.147. The topological polar surface area (TPSA) is 77.5 Å². The number of unbranched alkanes of at least 4 members (excludes halogenated alkanes) is 1. The zero-order valence-electron chi connectivity index (χ0n) is 23.1. The molecule has 3 aliphatic rings. The van der Waals surface area contributed by atoms with Gasteiger partial charge in [-0.1, -0.05) is 72.8 Å². The first-order chi connectivity index (χ1) is 19.0. The third kappa shape index (κ3) is 7.40. The molecule has 0 aromatic heterocycles. The summed E-state index contributed by atoms with van der Waals surface area (Å²) < 4.78 is 24.4. The Balaban J connectivity index is 1.19. The van der Waals surface area contributed by atoms with Crippen molar-refractivity contribution in [1.82, 2.24) is 0 Å². The Morgan fingerprint density at radius 3 is 2.51 bits per heavy atom. The van der Waals surface area contributed by atoms with Gasteiger partial charge in [0.1, 0.15) is 6.10 Å². The largest absolute Gasteiger partial charge is 0.494 e. The van der Waals surface area contributed by atoms with E-state index in [1.807, 2.05) is 62.4 Å². The number of esters is 1. The van der Waals surface area contributed by atoms with Crippen LogP contribution >= 0.6 is 0 Å². The number of carbonyl (C=O) groups is 1. The van der Waals surface area contributed by atoms with Crippen molar-refractivity contribution in [3.05, 3.63) is 78.4 Å². The first-order valence-corrected chi connectivity index (χ1v) is 14.6. The number of ether oxygens (including phenoxy) is 2. The number of aliphatic hydroxyl groups excluding tert-OH is 1. The molecule has 1 aliphatic carbocycles. The first-order valence-electron chi connectivity index (χ1n) is 14.6. The summed E-state index contributed by atoms with van der Waals surface area (Å²) in [5, 5.41) is 11.0. The number of aryl methyl sites for hydroxylation is 1. The van der Waals surface area contributed by atoms with Crippen molar-refractivity contribution < 1.29 is 28.7 Å². The van der Waals surface area contributed by atoms with Crippen molar-refractivity contribution in [3.8, 4) is 0 Å². The third-order valence-corrected chi connectivity index (χ3v) is 8.12. The Hall–Kier alpha value is -2.45. The lowest BCUT2D eigenvalue weighted by Gasteiger charge is -2.28. The summed E-state index contributed by atoms with van der Waals surface area (Å²) in [4.78, 5) is 11.8. The fourth-order valence-corrected chi connectivity index (χ4v) is 6.20. The van der Waals surface area contributed by atoms with Crippen molar-refractivity contribution >= 4 is 18.6 Å². The number of benzene rings is 2. The molecule has 39 heavy (non-hydrogen) atoms. The van der Waals surface area contributed by atoms with Gasteiger partial charge in [0.25, 0.3) is 0 Å². The summed E-state index contributed by atoms with van der Waals surface area (Å²) in [6.45, 7) is 3.74. The standard InChI is InChI=1S/C32H41BO6/c1-22(2)36-29(35)18-12-4-3-11-17-25-27-21-28(39-33(38-27)24-15-9-6-10-16-24)30(25)32-31(37-32)26(34)20-19-23-13-7-5-8-14-23/h3,5-11,13-16,22,25-28,30-32,34H,4,12,17-21H2,1-2H3/b11-3-/t25-,26+,27-,28+,30+,31-,32-/m0/s1. The summed E-state index contributed by atoms with van der Waals surface area (Å²) in [6, 6.07) is 20.4. The van der Waals surface area contributed by atoms with Crippen LogP contribution in [0.25, 0.3) is 0 Å². The molecule has 0 spiro atoms. The Morgan fingerprint density at radius 2 is 1.77 bits per heavy atom. The van der Waals surface area contributed by atoms with Gasteiger partial charge >= 0.3 is 13.1 Å². The highest BCUT2D eigenvalue weighted by atomic mass is 16.6. The minimum atomic E-state index is -0.497. The van der Waals surface area contributed by atoms with Crippen LogP contribution in [0.2, 0.25) is 0 Å². The lowest BCUT2D eigenvalue weighted by Crippen LogP contribution is -2.46. The molecule has 1 saturated carbocycles. The number of carbonyl (C=O) groups excluding carboxylic acids is 1. The van der Waals surface area contributed by atoms with Crippen molar-refractivity contribution in [1.29, 1.82) is 0 Å². The van der Waals surface area contributed by atoms with Crippen molar-refractivity contribution in [2.45, 2.75) is 95.4 Å².